The second-order valence-corrected chi connectivity index (χ2v) is 5.80. The zero-order valence-corrected chi connectivity index (χ0v) is 13.1. The second-order valence-electron chi connectivity index (χ2n) is 4.09. The van der Waals surface area contributed by atoms with Gasteiger partial charge in [0.15, 0.2) is 11.5 Å². The van der Waals surface area contributed by atoms with Crippen LogP contribution in [0.2, 0.25) is 0 Å². The molecule has 1 heterocycles. The molecule has 0 bridgehead atoms. The lowest BCUT2D eigenvalue weighted by Gasteiger charge is -2.10. The van der Waals surface area contributed by atoms with Gasteiger partial charge in [0.1, 0.15) is 4.32 Å². The van der Waals surface area contributed by atoms with Gasteiger partial charge >= 0.3 is 5.97 Å². The molecule has 0 aromatic heterocycles. The maximum atomic E-state index is 11.6. The Labute approximate surface area is 131 Å². The molecular formula is C14H13NO4S2. The van der Waals surface area contributed by atoms with E-state index in [0.29, 0.717) is 27.3 Å². The standard InChI is InChI=1S/C14H13NO4S2/c1-3-18-11-6-9(4-5-10(11)19-8(2)16)7-12-13(17)15-14(20)21-12/h4-7H,3H2,1-2H3,(H,15,17,20)/b12-7-. The average molecular weight is 323 g/mol. The molecule has 1 fully saturated rings. The summed E-state index contributed by atoms with van der Waals surface area (Å²) in [6.07, 6.45) is 1.71. The highest BCUT2D eigenvalue weighted by atomic mass is 32.2. The van der Waals surface area contributed by atoms with Crippen molar-refractivity contribution in [2.45, 2.75) is 13.8 Å². The Kier molecular flexibility index (Phi) is 4.98. The molecule has 0 atom stereocenters. The monoisotopic (exact) mass is 323 g/mol. The summed E-state index contributed by atoms with van der Waals surface area (Å²) in [4.78, 5) is 23.2. The summed E-state index contributed by atoms with van der Waals surface area (Å²) < 4.78 is 11.0. The van der Waals surface area contributed by atoms with Gasteiger partial charge in [-0.1, -0.05) is 30.0 Å². The van der Waals surface area contributed by atoms with Crippen molar-refractivity contribution < 1.29 is 19.1 Å². The molecule has 1 saturated heterocycles. The number of rotatable bonds is 4. The fourth-order valence-electron chi connectivity index (χ4n) is 1.69. The van der Waals surface area contributed by atoms with Gasteiger partial charge in [-0.05, 0) is 30.7 Å². The Bertz CT molecular complexity index is 640. The summed E-state index contributed by atoms with van der Waals surface area (Å²) in [7, 11) is 0. The van der Waals surface area contributed by atoms with Crippen LogP contribution in [0.4, 0.5) is 0 Å². The lowest BCUT2D eigenvalue weighted by molar-refractivity contribution is -0.132. The Morgan fingerprint density at radius 2 is 2.19 bits per heavy atom. The first-order chi connectivity index (χ1) is 9.99. The van der Waals surface area contributed by atoms with Crippen molar-refractivity contribution in [3.63, 3.8) is 0 Å². The van der Waals surface area contributed by atoms with E-state index >= 15 is 0 Å². The second kappa shape index (κ2) is 6.73. The maximum Gasteiger partial charge on any atom is 0.308 e. The number of esters is 1. The van der Waals surface area contributed by atoms with Crippen molar-refractivity contribution >= 4 is 46.3 Å². The largest absolute Gasteiger partial charge is 0.490 e. The first-order valence-corrected chi connectivity index (χ1v) is 7.42. The van der Waals surface area contributed by atoms with E-state index in [0.717, 1.165) is 5.56 Å². The Balaban J connectivity index is 2.31. The lowest BCUT2D eigenvalue weighted by atomic mass is 10.2. The highest BCUT2D eigenvalue weighted by Crippen LogP contribution is 2.31. The SMILES string of the molecule is CCOc1cc(/C=C2\SC(=S)NC2=O)ccc1OC(C)=O. The van der Waals surface area contributed by atoms with Gasteiger partial charge in [0.25, 0.3) is 5.91 Å². The number of carbonyl (C=O) groups excluding carboxylic acids is 2. The van der Waals surface area contributed by atoms with E-state index in [-0.39, 0.29) is 5.91 Å². The molecule has 1 aliphatic heterocycles. The summed E-state index contributed by atoms with van der Waals surface area (Å²) in [5.74, 6) is 0.170. The van der Waals surface area contributed by atoms with Gasteiger partial charge in [0, 0.05) is 6.92 Å². The zero-order valence-electron chi connectivity index (χ0n) is 11.5. The van der Waals surface area contributed by atoms with Gasteiger partial charge in [-0.15, -0.1) is 0 Å². The number of hydrogen-bond acceptors (Lipinski definition) is 6. The van der Waals surface area contributed by atoms with Crippen LogP contribution in [0.1, 0.15) is 19.4 Å². The molecule has 1 amide bonds. The van der Waals surface area contributed by atoms with Crippen LogP contribution >= 0.6 is 24.0 Å². The first kappa shape index (κ1) is 15.5. The maximum absolute atomic E-state index is 11.6. The van der Waals surface area contributed by atoms with Crippen molar-refractivity contribution in [3.05, 3.63) is 28.7 Å². The number of nitrogens with one attached hydrogen (secondary N) is 1. The highest BCUT2D eigenvalue weighted by Gasteiger charge is 2.22. The van der Waals surface area contributed by atoms with E-state index in [1.54, 1.807) is 24.3 Å². The molecule has 110 valence electrons. The fourth-order valence-corrected chi connectivity index (χ4v) is 2.74. The van der Waals surface area contributed by atoms with Crippen LogP contribution in [0, 0.1) is 0 Å². The van der Waals surface area contributed by atoms with Crippen LogP contribution in [0.3, 0.4) is 0 Å². The Hall–Kier alpha value is -1.86. The number of thiocarbonyl (C=S) groups is 1. The molecule has 1 aliphatic rings. The molecule has 2 rings (SSSR count). The summed E-state index contributed by atoms with van der Waals surface area (Å²) >= 11 is 6.14. The molecular weight excluding hydrogens is 310 g/mol. The Morgan fingerprint density at radius 3 is 2.76 bits per heavy atom. The topological polar surface area (TPSA) is 64.6 Å². The van der Waals surface area contributed by atoms with E-state index in [4.69, 9.17) is 21.7 Å². The summed E-state index contributed by atoms with van der Waals surface area (Å²) in [5.41, 5.74) is 0.761. The summed E-state index contributed by atoms with van der Waals surface area (Å²) in [6.45, 7) is 3.60. The smallest absolute Gasteiger partial charge is 0.308 e. The van der Waals surface area contributed by atoms with E-state index in [1.165, 1.54) is 18.7 Å². The minimum Gasteiger partial charge on any atom is -0.490 e. The predicted molar refractivity (Wildman–Crippen MR) is 85.2 cm³/mol. The number of carbonyl (C=O) groups is 2. The molecule has 0 radical (unpaired) electrons. The molecule has 21 heavy (non-hydrogen) atoms. The predicted octanol–water partition coefficient (Wildman–Crippen LogP) is 2.50. The highest BCUT2D eigenvalue weighted by molar-refractivity contribution is 8.26. The van der Waals surface area contributed by atoms with E-state index in [1.807, 2.05) is 6.92 Å². The molecule has 5 nitrogen and oxygen atoms in total. The first-order valence-electron chi connectivity index (χ1n) is 6.19. The molecule has 0 spiro atoms. The quantitative estimate of drug-likeness (QED) is 0.397. The number of ether oxygens (including phenoxy) is 2. The van der Waals surface area contributed by atoms with Crippen LogP contribution in [0.15, 0.2) is 23.1 Å². The number of thioether (sulfide) groups is 1. The van der Waals surface area contributed by atoms with Crippen LogP contribution in [0.25, 0.3) is 6.08 Å². The van der Waals surface area contributed by atoms with Crippen LogP contribution < -0.4 is 14.8 Å². The molecule has 1 aromatic carbocycles. The number of amides is 1. The fraction of sp³-hybridized carbons (Fsp3) is 0.214. The third kappa shape index (κ3) is 4.05. The van der Waals surface area contributed by atoms with Gasteiger partial charge in [0.05, 0.1) is 11.5 Å². The van der Waals surface area contributed by atoms with Gasteiger partial charge in [-0.25, -0.2) is 0 Å². The minimum atomic E-state index is -0.418. The lowest BCUT2D eigenvalue weighted by Crippen LogP contribution is -2.17. The average Bonchev–Trinajstić information content (AvgIpc) is 2.71. The van der Waals surface area contributed by atoms with Crippen molar-refractivity contribution in [2.75, 3.05) is 6.61 Å². The minimum absolute atomic E-state index is 0.216. The molecule has 7 heteroatoms. The molecule has 0 unspecified atom stereocenters. The van der Waals surface area contributed by atoms with Gasteiger partial charge in [0.2, 0.25) is 0 Å². The van der Waals surface area contributed by atoms with Crippen molar-refractivity contribution in [2.24, 2.45) is 0 Å². The number of benzene rings is 1. The van der Waals surface area contributed by atoms with Crippen molar-refractivity contribution in [3.8, 4) is 11.5 Å². The zero-order chi connectivity index (χ0) is 15.4. The van der Waals surface area contributed by atoms with Crippen LogP contribution in [0.5, 0.6) is 11.5 Å². The van der Waals surface area contributed by atoms with E-state index < -0.39 is 5.97 Å². The van der Waals surface area contributed by atoms with E-state index in [2.05, 4.69) is 5.32 Å². The van der Waals surface area contributed by atoms with Gasteiger partial charge in [-0.2, -0.15) is 0 Å². The third-order valence-corrected chi connectivity index (χ3v) is 3.62. The van der Waals surface area contributed by atoms with Gasteiger partial charge < -0.3 is 14.8 Å². The van der Waals surface area contributed by atoms with E-state index in [9.17, 15) is 9.59 Å². The van der Waals surface area contributed by atoms with Crippen molar-refractivity contribution in [1.82, 2.24) is 5.32 Å². The molecule has 1 N–H and O–H groups in total. The summed E-state index contributed by atoms with van der Waals surface area (Å²) in [5, 5.41) is 2.55. The van der Waals surface area contributed by atoms with Crippen molar-refractivity contribution in [1.29, 1.82) is 0 Å². The molecule has 1 aromatic rings. The molecule has 0 saturated carbocycles. The number of hydrogen-bond donors (Lipinski definition) is 1. The van der Waals surface area contributed by atoms with Gasteiger partial charge in [-0.3, -0.25) is 9.59 Å². The Morgan fingerprint density at radius 1 is 1.43 bits per heavy atom. The summed E-state index contributed by atoms with van der Waals surface area (Å²) in [6, 6.07) is 5.08. The van der Waals surface area contributed by atoms with Crippen LogP contribution in [-0.4, -0.2) is 22.8 Å². The third-order valence-electron chi connectivity index (χ3n) is 2.46. The normalized spacial score (nSPS) is 16.0. The van der Waals surface area contributed by atoms with Crippen LogP contribution in [-0.2, 0) is 9.59 Å². The molecule has 0 aliphatic carbocycles.